The molecule has 6 rings (SSSR count). The number of nitrogens with zero attached hydrogens (tertiary/aromatic N) is 1. The van der Waals surface area contributed by atoms with Crippen LogP contribution >= 0.6 is 11.6 Å². The maximum atomic E-state index is 13.2. The minimum absolute atomic E-state index is 0.194. The normalized spacial score (nSPS) is 33.6. The summed E-state index contributed by atoms with van der Waals surface area (Å²) in [6.07, 6.45) is 9.96. The molecule has 6 nitrogen and oxygen atoms in total. The number of ether oxygens (including phenoxy) is 1. The molecule has 2 heterocycles. The van der Waals surface area contributed by atoms with E-state index in [1.54, 1.807) is 6.07 Å². The molecule has 2 aliphatic carbocycles. The molecular weight excluding hydrogens is 532 g/mol. The number of fused-ring (bicyclic) bond motifs is 4. The van der Waals surface area contributed by atoms with E-state index in [2.05, 4.69) is 21.8 Å². The van der Waals surface area contributed by atoms with Crippen molar-refractivity contribution < 1.29 is 18.8 Å². The summed E-state index contributed by atoms with van der Waals surface area (Å²) in [7, 11) is -1.50. The van der Waals surface area contributed by atoms with Gasteiger partial charge in [0.2, 0.25) is 0 Å². The van der Waals surface area contributed by atoms with Gasteiger partial charge < -0.3 is 14.7 Å². The van der Waals surface area contributed by atoms with Gasteiger partial charge in [0.05, 0.1) is 23.6 Å². The van der Waals surface area contributed by atoms with Crippen LogP contribution in [-0.4, -0.2) is 46.3 Å². The van der Waals surface area contributed by atoms with E-state index in [1.165, 1.54) is 11.1 Å². The Bertz CT molecular complexity index is 1320. The summed E-state index contributed by atoms with van der Waals surface area (Å²) < 4.78 is 22.1. The lowest BCUT2D eigenvalue weighted by atomic mass is 9.68. The molecule has 0 radical (unpaired) electrons. The molecule has 0 saturated heterocycles. The van der Waals surface area contributed by atoms with E-state index in [9.17, 15) is 14.1 Å². The summed E-state index contributed by atoms with van der Waals surface area (Å²) in [4.78, 5) is 15.6. The van der Waals surface area contributed by atoms with Gasteiger partial charge in [0, 0.05) is 29.1 Å². The summed E-state index contributed by atoms with van der Waals surface area (Å²) in [6, 6.07) is 11.8. The Balaban J connectivity index is 1.41. The predicted octanol–water partition coefficient (Wildman–Crippen LogP) is 5.33. The maximum Gasteiger partial charge on any atom is 0.263 e. The smallest absolute Gasteiger partial charge is 0.263 e. The molecule has 6 atom stereocenters. The van der Waals surface area contributed by atoms with E-state index in [1.807, 2.05) is 37.3 Å². The predicted molar refractivity (Wildman–Crippen MR) is 156 cm³/mol. The largest absolute Gasteiger partial charge is 0.490 e. The van der Waals surface area contributed by atoms with Crippen LogP contribution in [0, 0.1) is 11.8 Å². The van der Waals surface area contributed by atoms with Crippen molar-refractivity contribution in [2.75, 3.05) is 24.6 Å². The standard InChI is InChI=1S/C31H37ClN2O4S/c1-20-5-2-3-7-28(35)25-11-8-23(25)17-34-18-31(14-4-6-21-15-24(32)10-12-26(21)31)19-38-29-13-9-22(16-27(29)34)30(36)33-39(20)37/h3,7,9-10,12-13,15-16,20,23,25,28,35H,2,4-6,8,11,14,17-19H2,1H3,(H,33,36)/b7-3+/t20?,23?,25?,28?,31-,39?/m0/s1. The van der Waals surface area contributed by atoms with Crippen molar-refractivity contribution in [1.82, 2.24) is 4.72 Å². The van der Waals surface area contributed by atoms with E-state index in [-0.39, 0.29) is 22.5 Å². The highest BCUT2D eigenvalue weighted by atomic mass is 35.5. The minimum atomic E-state index is -1.50. The van der Waals surface area contributed by atoms with E-state index in [0.717, 1.165) is 61.7 Å². The van der Waals surface area contributed by atoms with Crippen LogP contribution < -0.4 is 14.4 Å². The summed E-state index contributed by atoms with van der Waals surface area (Å²) in [5, 5.41) is 11.6. The zero-order valence-electron chi connectivity index (χ0n) is 22.4. The van der Waals surface area contributed by atoms with Crippen molar-refractivity contribution in [1.29, 1.82) is 0 Å². The van der Waals surface area contributed by atoms with Gasteiger partial charge in [-0.15, -0.1) is 0 Å². The average Bonchev–Trinajstić information content (AvgIpc) is 3.05. The van der Waals surface area contributed by atoms with Gasteiger partial charge in [0.1, 0.15) is 16.7 Å². The molecule has 5 unspecified atom stereocenters. The highest BCUT2D eigenvalue weighted by Crippen LogP contribution is 2.46. The molecule has 1 spiro atoms. The van der Waals surface area contributed by atoms with Gasteiger partial charge in [-0.1, -0.05) is 29.8 Å². The summed E-state index contributed by atoms with van der Waals surface area (Å²) in [5.74, 6) is 0.974. The molecular formula is C31H37ClN2O4S. The molecule has 2 N–H and O–H groups in total. The van der Waals surface area contributed by atoms with E-state index >= 15 is 0 Å². The molecule has 8 heteroatoms. The number of benzene rings is 2. The molecule has 0 aromatic heterocycles. The van der Waals surface area contributed by atoms with Gasteiger partial charge in [0.25, 0.3) is 5.91 Å². The first-order chi connectivity index (χ1) is 18.8. The lowest BCUT2D eigenvalue weighted by Gasteiger charge is -2.45. The molecule has 208 valence electrons. The number of aliphatic hydroxyl groups is 1. The van der Waals surface area contributed by atoms with Gasteiger partial charge in [-0.2, -0.15) is 0 Å². The van der Waals surface area contributed by atoms with Gasteiger partial charge in [-0.3, -0.25) is 9.52 Å². The van der Waals surface area contributed by atoms with Crippen LogP contribution in [0.1, 0.15) is 66.9 Å². The minimum Gasteiger partial charge on any atom is -0.490 e. The Morgan fingerprint density at radius 2 is 2.05 bits per heavy atom. The second-order valence-corrected chi connectivity index (χ2v) is 13.9. The molecule has 2 aromatic rings. The Kier molecular flexibility index (Phi) is 7.51. The molecule has 2 bridgehead atoms. The number of amides is 1. The zero-order valence-corrected chi connectivity index (χ0v) is 24.0. The van der Waals surface area contributed by atoms with Crippen molar-refractivity contribution in [3.05, 3.63) is 70.3 Å². The fourth-order valence-corrected chi connectivity index (χ4v) is 7.92. The van der Waals surface area contributed by atoms with Crippen LogP contribution in [0.25, 0.3) is 0 Å². The first-order valence-electron chi connectivity index (χ1n) is 14.2. The van der Waals surface area contributed by atoms with E-state index < -0.39 is 17.1 Å². The Labute approximate surface area is 238 Å². The topological polar surface area (TPSA) is 78.9 Å². The highest BCUT2D eigenvalue weighted by molar-refractivity contribution is 7.84. The second-order valence-electron chi connectivity index (χ2n) is 11.8. The third kappa shape index (κ3) is 5.25. The van der Waals surface area contributed by atoms with Crippen molar-refractivity contribution in [2.45, 2.75) is 68.6 Å². The van der Waals surface area contributed by atoms with Gasteiger partial charge in [0.15, 0.2) is 0 Å². The number of carbonyl (C=O) groups excluding carboxylic acids is 1. The third-order valence-electron chi connectivity index (χ3n) is 9.30. The van der Waals surface area contributed by atoms with Crippen LogP contribution in [-0.2, 0) is 22.8 Å². The molecule has 1 fully saturated rings. The van der Waals surface area contributed by atoms with Crippen molar-refractivity contribution in [2.24, 2.45) is 11.8 Å². The molecule has 1 amide bonds. The SMILES string of the molecule is CC1CC/C=C/C(O)C2CCC2CN2C[C@@]3(CCCc4cc(Cl)ccc43)COc3ccc(cc32)C(=O)NS1=O. The number of rotatable bonds is 0. The number of carbonyl (C=O) groups is 1. The molecule has 2 aromatic carbocycles. The quantitative estimate of drug-likeness (QED) is 0.420. The zero-order chi connectivity index (χ0) is 27.1. The summed E-state index contributed by atoms with van der Waals surface area (Å²) >= 11 is 6.38. The van der Waals surface area contributed by atoms with Gasteiger partial charge in [-0.05, 0) is 105 Å². The Morgan fingerprint density at radius 3 is 2.87 bits per heavy atom. The van der Waals surface area contributed by atoms with E-state index in [4.69, 9.17) is 16.3 Å². The van der Waals surface area contributed by atoms with E-state index in [0.29, 0.717) is 30.9 Å². The lowest BCUT2D eigenvalue weighted by molar-refractivity contribution is 0.0456. The maximum absolute atomic E-state index is 13.2. The number of anilines is 1. The van der Waals surface area contributed by atoms with Crippen LogP contribution in [0.3, 0.4) is 0 Å². The number of halogens is 1. The van der Waals surface area contributed by atoms with Crippen molar-refractivity contribution in [3.8, 4) is 5.75 Å². The number of aryl methyl sites for hydroxylation is 1. The average molecular weight is 569 g/mol. The second kappa shape index (κ2) is 10.9. The van der Waals surface area contributed by atoms with Crippen LogP contribution in [0.15, 0.2) is 48.6 Å². The van der Waals surface area contributed by atoms with Crippen LogP contribution in [0.2, 0.25) is 5.02 Å². The first kappa shape index (κ1) is 26.9. The fraction of sp³-hybridized carbons (Fsp3) is 0.516. The Morgan fingerprint density at radius 1 is 1.18 bits per heavy atom. The number of nitrogens with one attached hydrogen (secondary N) is 1. The highest BCUT2D eigenvalue weighted by Gasteiger charge is 2.44. The molecule has 1 saturated carbocycles. The lowest BCUT2D eigenvalue weighted by Crippen LogP contribution is -2.49. The van der Waals surface area contributed by atoms with Gasteiger partial charge in [-0.25, -0.2) is 4.21 Å². The number of hydrogen-bond donors (Lipinski definition) is 2. The number of hydrogen-bond acceptors (Lipinski definition) is 5. The summed E-state index contributed by atoms with van der Waals surface area (Å²) in [5.41, 5.74) is 3.76. The van der Waals surface area contributed by atoms with Crippen molar-refractivity contribution in [3.63, 3.8) is 0 Å². The van der Waals surface area contributed by atoms with Crippen LogP contribution in [0.4, 0.5) is 5.69 Å². The fourth-order valence-electron chi connectivity index (χ4n) is 6.88. The van der Waals surface area contributed by atoms with Gasteiger partial charge >= 0.3 is 0 Å². The summed E-state index contributed by atoms with van der Waals surface area (Å²) in [6.45, 7) is 3.98. The molecule has 39 heavy (non-hydrogen) atoms. The van der Waals surface area contributed by atoms with Crippen molar-refractivity contribution >= 4 is 34.2 Å². The Hall–Kier alpha value is -2.35. The monoisotopic (exact) mass is 568 g/mol. The number of allylic oxidation sites excluding steroid dienone is 1. The third-order valence-corrected chi connectivity index (χ3v) is 10.9. The molecule has 2 aliphatic heterocycles. The van der Waals surface area contributed by atoms with Crippen LogP contribution in [0.5, 0.6) is 5.75 Å². The first-order valence-corrected chi connectivity index (χ1v) is 15.8. The molecule has 4 aliphatic rings. The number of aliphatic hydroxyl groups excluding tert-OH is 1.